The Morgan fingerprint density at radius 2 is 1.07 bits per heavy atom. The van der Waals surface area contributed by atoms with Gasteiger partial charge in [-0.3, -0.25) is 0 Å². The molecule has 0 aliphatic rings. The van der Waals surface area contributed by atoms with E-state index in [2.05, 4.69) is 22.6 Å². The van der Waals surface area contributed by atoms with Crippen LogP contribution in [0.15, 0.2) is 24.3 Å². The lowest BCUT2D eigenvalue weighted by molar-refractivity contribution is -0.143. The third-order valence-electron chi connectivity index (χ3n) is 1.93. The minimum Gasteiger partial charge on any atom is -0.460 e. The molecule has 7 N–H and O–H groups in total. The highest BCUT2D eigenvalue weighted by Crippen LogP contribution is 2.25. The van der Waals surface area contributed by atoms with E-state index in [1.807, 2.05) is 0 Å². The second-order valence-corrected chi connectivity index (χ2v) is 5.97. The maximum Gasteiger partial charge on any atom is 0.466 e. The number of hydrogen-bond acceptors (Lipinski definition) is 9. The highest BCUT2D eigenvalue weighted by Gasteiger charge is 2.08. The third kappa shape index (κ3) is 29.4. The summed E-state index contributed by atoms with van der Waals surface area (Å²) < 4.78 is 17.9. The average molecular weight is 418 g/mol. The molecule has 2 atom stereocenters. The normalized spacial score (nSPS) is 12.2. The summed E-state index contributed by atoms with van der Waals surface area (Å²) >= 11 is 0. The minimum absolute atomic E-state index is 0.192. The highest BCUT2D eigenvalue weighted by atomic mass is 31.2. The molecule has 13 heteroatoms. The van der Waals surface area contributed by atoms with Gasteiger partial charge in [0.25, 0.3) is 0 Å². The van der Waals surface area contributed by atoms with Crippen molar-refractivity contribution in [2.24, 2.45) is 0 Å². The lowest BCUT2D eigenvalue weighted by Gasteiger charge is -2.07. The summed E-state index contributed by atoms with van der Waals surface area (Å²) in [4.78, 5) is 42.9. The van der Waals surface area contributed by atoms with E-state index in [9.17, 15) is 9.59 Å². The Labute approximate surface area is 156 Å². The quantitative estimate of drug-likeness (QED) is 0.129. The van der Waals surface area contributed by atoms with Crippen LogP contribution in [-0.4, -0.2) is 85.7 Å². The fourth-order valence-corrected chi connectivity index (χ4v) is 0.696. The molecule has 0 amide bonds. The number of aliphatic hydroxyl groups excluding tert-OH is 4. The lowest BCUT2D eigenvalue weighted by Crippen LogP contribution is -2.22. The monoisotopic (exact) mass is 418 g/mol. The Balaban J connectivity index is -0.000000344. The van der Waals surface area contributed by atoms with Crippen LogP contribution in [0, 0.1) is 0 Å². The predicted molar refractivity (Wildman–Crippen MR) is 92.0 cm³/mol. The molecule has 0 bridgehead atoms. The van der Waals surface area contributed by atoms with Crippen LogP contribution in [0.25, 0.3) is 0 Å². The minimum atomic E-state index is -4.64. The molecule has 0 fully saturated rings. The van der Waals surface area contributed by atoms with Crippen molar-refractivity contribution in [3.05, 3.63) is 24.3 Å². The first-order valence-electron chi connectivity index (χ1n) is 7.17. The van der Waals surface area contributed by atoms with Crippen molar-refractivity contribution in [2.75, 3.05) is 26.4 Å². The van der Waals surface area contributed by atoms with E-state index in [0.717, 1.165) is 0 Å². The SMILES string of the molecule is C=C(C)C(=O)OCC(O)CO.C=C(C)C(=O)OCC(O)CO.O=P(O)(O)O. The zero-order valence-corrected chi connectivity index (χ0v) is 15.9. The molecule has 0 saturated heterocycles. The van der Waals surface area contributed by atoms with Crippen molar-refractivity contribution in [2.45, 2.75) is 26.1 Å². The summed E-state index contributed by atoms with van der Waals surface area (Å²) in [5, 5.41) is 34.1. The Hall–Kier alpha value is -1.63. The van der Waals surface area contributed by atoms with Crippen LogP contribution in [0.3, 0.4) is 0 Å². The first kappa shape index (κ1) is 30.1. The zero-order chi connectivity index (χ0) is 22.2. The number of carbonyl (C=O) groups is 2. The molecule has 0 aliphatic carbocycles. The van der Waals surface area contributed by atoms with Gasteiger partial charge in [0.05, 0.1) is 13.2 Å². The summed E-state index contributed by atoms with van der Waals surface area (Å²) in [6.45, 7) is 8.48. The summed E-state index contributed by atoms with van der Waals surface area (Å²) in [5.41, 5.74) is 0.547. The molecule has 0 rings (SSSR count). The Morgan fingerprint density at radius 1 is 0.852 bits per heavy atom. The van der Waals surface area contributed by atoms with Crippen LogP contribution in [0.2, 0.25) is 0 Å². The molecular weight excluding hydrogens is 391 g/mol. The summed E-state index contributed by atoms with van der Waals surface area (Å²) in [7, 11) is -4.64. The van der Waals surface area contributed by atoms with Gasteiger partial charge < -0.3 is 44.6 Å². The molecular formula is C14H27O12P. The summed E-state index contributed by atoms with van der Waals surface area (Å²) in [6, 6.07) is 0. The second-order valence-electron chi connectivity index (χ2n) is 4.94. The van der Waals surface area contributed by atoms with Crippen molar-refractivity contribution in [3.8, 4) is 0 Å². The van der Waals surface area contributed by atoms with Gasteiger partial charge in [0.1, 0.15) is 25.4 Å². The standard InChI is InChI=1S/2C7H12O4.H3O4P/c2*1-5(2)7(10)11-4-6(9)3-8;1-5(2,3)4/h2*6,8-9H,1,3-4H2,2H3;(H3,1,2,3,4). The van der Waals surface area contributed by atoms with Gasteiger partial charge in [-0.05, 0) is 13.8 Å². The molecule has 0 saturated carbocycles. The predicted octanol–water partition coefficient (Wildman–Crippen LogP) is -2.01. The third-order valence-corrected chi connectivity index (χ3v) is 1.93. The van der Waals surface area contributed by atoms with E-state index in [4.69, 9.17) is 39.7 Å². The van der Waals surface area contributed by atoms with Gasteiger partial charge >= 0.3 is 19.8 Å². The molecule has 2 unspecified atom stereocenters. The fraction of sp³-hybridized carbons (Fsp3) is 0.571. The lowest BCUT2D eigenvalue weighted by atomic mass is 10.3. The van der Waals surface area contributed by atoms with Gasteiger partial charge in [-0.2, -0.15) is 0 Å². The summed E-state index contributed by atoms with van der Waals surface area (Å²) in [6.07, 6.45) is -2.00. The van der Waals surface area contributed by atoms with Gasteiger partial charge in [0.15, 0.2) is 0 Å². The smallest absolute Gasteiger partial charge is 0.460 e. The van der Waals surface area contributed by atoms with E-state index >= 15 is 0 Å². The number of rotatable bonds is 8. The number of esters is 2. The van der Waals surface area contributed by atoms with E-state index in [1.165, 1.54) is 13.8 Å². The molecule has 0 aromatic rings. The van der Waals surface area contributed by atoms with Gasteiger partial charge in [0.2, 0.25) is 0 Å². The van der Waals surface area contributed by atoms with Crippen molar-refractivity contribution in [1.82, 2.24) is 0 Å². The molecule has 27 heavy (non-hydrogen) atoms. The Bertz CT molecular complexity index is 468. The number of ether oxygens (including phenoxy) is 2. The molecule has 0 spiro atoms. The van der Waals surface area contributed by atoms with E-state index in [-0.39, 0.29) is 24.4 Å². The second kappa shape index (κ2) is 16.5. The van der Waals surface area contributed by atoms with Crippen molar-refractivity contribution in [1.29, 1.82) is 0 Å². The van der Waals surface area contributed by atoms with Crippen LogP contribution >= 0.6 is 7.82 Å². The fourth-order valence-electron chi connectivity index (χ4n) is 0.696. The van der Waals surface area contributed by atoms with Crippen LogP contribution in [-0.2, 0) is 23.6 Å². The van der Waals surface area contributed by atoms with Crippen LogP contribution in [0.5, 0.6) is 0 Å². The van der Waals surface area contributed by atoms with E-state index < -0.39 is 45.2 Å². The first-order valence-corrected chi connectivity index (χ1v) is 8.73. The number of carbonyl (C=O) groups excluding carboxylic acids is 2. The highest BCUT2D eigenvalue weighted by molar-refractivity contribution is 7.45. The van der Waals surface area contributed by atoms with Crippen LogP contribution in [0.1, 0.15) is 13.8 Å². The molecule has 0 heterocycles. The molecule has 12 nitrogen and oxygen atoms in total. The van der Waals surface area contributed by atoms with E-state index in [1.54, 1.807) is 0 Å². The molecule has 160 valence electrons. The molecule has 0 aromatic carbocycles. The molecule has 0 radical (unpaired) electrons. The largest absolute Gasteiger partial charge is 0.466 e. The van der Waals surface area contributed by atoms with Gasteiger partial charge in [-0.15, -0.1) is 0 Å². The van der Waals surface area contributed by atoms with E-state index in [0.29, 0.717) is 0 Å². The first-order chi connectivity index (χ1) is 12.1. The van der Waals surface area contributed by atoms with Crippen molar-refractivity contribution in [3.63, 3.8) is 0 Å². The van der Waals surface area contributed by atoms with Gasteiger partial charge in [-0.25, -0.2) is 14.2 Å². The molecule has 0 aromatic heterocycles. The number of phosphoric acid groups is 1. The van der Waals surface area contributed by atoms with Crippen molar-refractivity contribution >= 4 is 19.8 Å². The number of aliphatic hydroxyl groups is 4. The topological polar surface area (TPSA) is 211 Å². The van der Waals surface area contributed by atoms with Gasteiger partial charge in [0, 0.05) is 11.1 Å². The summed E-state index contributed by atoms with van der Waals surface area (Å²) in [5.74, 6) is -1.12. The van der Waals surface area contributed by atoms with Crippen LogP contribution < -0.4 is 0 Å². The van der Waals surface area contributed by atoms with Crippen LogP contribution in [0.4, 0.5) is 0 Å². The Morgan fingerprint density at radius 3 is 1.22 bits per heavy atom. The Kier molecular flexibility index (Phi) is 18.4. The zero-order valence-electron chi connectivity index (χ0n) is 15.0. The number of hydrogen-bond donors (Lipinski definition) is 7. The molecule has 0 aliphatic heterocycles. The maximum atomic E-state index is 10.6. The average Bonchev–Trinajstić information content (AvgIpc) is 2.55. The van der Waals surface area contributed by atoms with Gasteiger partial charge in [-0.1, -0.05) is 13.2 Å². The van der Waals surface area contributed by atoms with Crippen molar-refractivity contribution < 1.29 is 58.7 Å². The maximum absolute atomic E-state index is 10.6.